The van der Waals surface area contributed by atoms with Gasteiger partial charge in [0, 0.05) is 26.4 Å². The van der Waals surface area contributed by atoms with Gasteiger partial charge in [-0.2, -0.15) is 0 Å². The Kier molecular flexibility index (Phi) is 25.4. The first-order chi connectivity index (χ1) is 27.2. The summed E-state index contributed by atoms with van der Waals surface area (Å²) < 4.78 is 37.2. The molecule has 0 fully saturated rings. The van der Waals surface area contributed by atoms with E-state index in [1.54, 1.807) is 6.92 Å². The highest BCUT2D eigenvalue weighted by Crippen LogP contribution is 2.30. The molecular formula is C43H68O14. The molecule has 0 radical (unpaired) electrons. The molecule has 1 rings (SSSR count). The molecule has 57 heavy (non-hydrogen) atoms. The zero-order valence-electron chi connectivity index (χ0n) is 35.2. The second kappa shape index (κ2) is 28.4. The summed E-state index contributed by atoms with van der Waals surface area (Å²) in [6.45, 7) is 7.37. The monoisotopic (exact) mass is 808 g/mol. The number of carbonyl (C=O) groups is 6. The Balaban J connectivity index is 2.76. The second-order valence-corrected chi connectivity index (χ2v) is 15.3. The van der Waals surface area contributed by atoms with Crippen molar-refractivity contribution in [2.75, 3.05) is 53.4 Å². The normalized spacial score (nSPS) is 14.2. The standard InChI is InChI=1S/C43H68O14/c1-7-9-10-11-12-13-14-18-27-53-38(48)41(3,31-44)24-21-36(46)57-33-43(5,40(50)54-29-28-51-6)26-23-37(47)56-32-42(4,39(49)52-8-2)25-22-35(45)55-30-34-19-16-15-17-20-34/h15-17,19-20,44H,7-14,18,21-33H2,1-6H3. The minimum Gasteiger partial charge on any atom is -0.465 e. The third-order valence-electron chi connectivity index (χ3n) is 9.84. The van der Waals surface area contributed by atoms with E-state index in [2.05, 4.69) is 6.92 Å². The summed E-state index contributed by atoms with van der Waals surface area (Å²) in [7, 11) is 1.44. The highest BCUT2D eigenvalue weighted by molar-refractivity contribution is 5.81. The van der Waals surface area contributed by atoms with Crippen molar-refractivity contribution in [2.24, 2.45) is 16.2 Å². The highest BCUT2D eigenvalue weighted by Gasteiger charge is 2.40. The topological polar surface area (TPSA) is 187 Å². The number of ether oxygens (including phenoxy) is 7. The lowest BCUT2D eigenvalue weighted by atomic mass is 9.85. The fourth-order valence-electron chi connectivity index (χ4n) is 5.55. The van der Waals surface area contributed by atoms with Crippen LogP contribution in [0, 0.1) is 16.2 Å². The maximum absolute atomic E-state index is 13.2. The molecule has 0 saturated carbocycles. The van der Waals surface area contributed by atoms with Crippen molar-refractivity contribution < 1.29 is 67.0 Å². The molecule has 14 heteroatoms. The number of hydrogen-bond acceptors (Lipinski definition) is 14. The van der Waals surface area contributed by atoms with Crippen LogP contribution >= 0.6 is 0 Å². The fourth-order valence-corrected chi connectivity index (χ4v) is 5.55. The Hall–Kier alpha value is -4.04. The second-order valence-electron chi connectivity index (χ2n) is 15.3. The number of hydrogen-bond donors (Lipinski definition) is 1. The van der Waals surface area contributed by atoms with Crippen molar-refractivity contribution in [3.05, 3.63) is 35.9 Å². The van der Waals surface area contributed by atoms with Crippen molar-refractivity contribution in [1.82, 2.24) is 0 Å². The van der Waals surface area contributed by atoms with Crippen molar-refractivity contribution in [1.29, 1.82) is 0 Å². The number of benzene rings is 1. The van der Waals surface area contributed by atoms with Gasteiger partial charge in [-0.05, 0) is 58.9 Å². The number of rotatable bonds is 32. The third-order valence-corrected chi connectivity index (χ3v) is 9.84. The summed E-state index contributed by atoms with van der Waals surface area (Å²) in [6, 6.07) is 9.13. The van der Waals surface area contributed by atoms with Crippen molar-refractivity contribution in [2.45, 2.75) is 131 Å². The number of carbonyl (C=O) groups excluding carboxylic acids is 6. The molecular weight excluding hydrogens is 740 g/mol. The van der Waals surface area contributed by atoms with E-state index in [1.807, 2.05) is 30.3 Å². The van der Waals surface area contributed by atoms with E-state index in [9.17, 15) is 33.9 Å². The van der Waals surface area contributed by atoms with Crippen molar-refractivity contribution >= 4 is 35.8 Å². The molecule has 1 N–H and O–H groups in total. The average Bonchev–Trinajstić information content (AvgIpc) is 3.21. The minimum atomic E-state index is -1.48. The van der Waals surface area contributed by atoms with Crippen molar-refractivity contribution in [3.63, 3.8) is 0 Å². The van der Waals surface area contributed by atoms with Crippen LogP contribution in [0.15, 0.2) is 30.3 Å². The molecule has 0 amide bonds. The summed E-state index contributed by atoms with van der Waals surface area (Å²) in [5.74, 6) is -4.00. The van der Waals surface area contributed by atoms with E-state index in [1.165, 1.54) is 53.6 Å². The molecule has 324 valence electrons. The first-order valence-corrected chi connectivity index (χ1v) is 20.3. The number of methoxy groups -OCH3 is 1. The Morgan fingerprint density at radius 3 is 1.51 bits per heavy atom. The van der Waals surface area contributed by atoms with E-state index in [0.29, 0.717) is 6.42 Å². The number of unbranched alkanes of at least 4 members (excludes halogenated alkanes) is 7. The molecule has 3 atom stereocenters. The van der Waals surface area contributed by atoms with Crippen LogP contribution in [-0.4, -0.2) is 94.3 Å². The zero-order chi connectivity index (χ0) is 42.6. The Bertz CT molecular complexity index is 1350. The molecule has 0 saturated heterocycles. The smallest absolute Gasteiger partial charge is 0.315 e. The van der Waals surface area contributed by atoms with Crippen molar-refractivity contribution in [3.8, 4) is 0 Å². The van der Waals surface area contributed by atoms with E-state index in [4.69, 9.17) is 33.2 Å². The molecule has 0 heterocycles. The molecule has 1 aromatic carbocycles. The van der Waals surface area contributed by atoms with E-state index in [0.717, 1.165) is 24.8 Å². The zero-order valence-corrected chi connectivity index (χ0v) is 35.2. The summed E-state index contributed by atoms with van der Waals surface area (Å²) in [4.78, 5) is 77.3. The van der Waals surface area contributed by atoms with Gasteiger partial charge < -0.3 is 38.3 Å². The maximum atomic E-state index is 13.2. The van der Waals surface area contributed by atoms with Crippen LogP contribution in [0.5, 0.6) is 0 Å². The van der Waals surface area contributed by atoms with Gasteiger partial charge in [0.15, 0.2) is 0 Å². The fraction of sp³-hybridized carbons (Fsp3) is 0.721. The first kappa shape index (κ1) is 51.0. The van der Waals surface area contributed by atoms with Gasteiger partial charge >= 0.3 is 35.8 Å². The van der Waals surface area contributed by atoms with Crippen LogP contribution in [-0.2, 0) is 68.5 Å². The van der Waals surface area contributed by atoms with Crippen LogP contribution in [0.25, 0.3) is 0 Å². The van der Waals surface area contributed by atoms with Gasteiger partial charge in [-0.15, -0.1) is 0 Å². The predicted octanol–water partition coefficient (Wildman–Crippen LogP) is 6.60. The molecule has 0 aliphatic heterocycles. The molecule has 0 bridgehead atoms. The van der Waals surface area contributed by atoms with E-state index < -0.39 is 71.9 Å². The van der Waals surface area contributed by atoms with Crippen LogP contribution in [0.2, 0.25) is 0 Å². The first-order valence-electron chi connectivity index (χ1n) is 20.3. The van der Waals surface area contributed by atoms with Crippen LogP contribution < -0.4 is 0 Å². The molecule has 3 unspecified atom stereocenters. The van der Waals surface area contributed by atoms with Crippen LogP contribution in [0.4, 0.5) is 0 Å². The molecule has 0 aliphatic rings. The SMILES string of the molecule is CCCCCCCCCCOC(=O)C(C)(CO)CCC(=O)OCC(C)(CCC(=O)OCC(C)(CCC(=O)OCc1ccccc1)C(=O)OCC)C(=O)OCCOC. The van der Waals surface area contributed by atoms with E-state index >= 15 is 0 Å². The van der Waals surface area contributed by atoms with Gasteiger partial charge in [0.25, 0.3) is 0 Å². The summed E-state index contributed by atoms with van der Waals surface area (Å²) in [5.41, 5.74) is -3.36. The Morgan fingerprint density at radius 1 is 0.544 bits per heavy atom. The Labute approximate surface area is 338 Å². The summed E-state index contributed by atoms with van der Waals surface area (Å²) in [5, 5.41) is 10.0. The minimum absolute atomic E-state index is 0.0153. The lowest BCUT2D eigenvalue weighted by Gasteiger charge is -2.28. The lowest BCUT2D eigenvalue weighted by molar-refractivity contribution is -0.165. The lowest BCUT2D eigenvalue weighted by Crippen LogP contribution is -2.38. The van der Waals surface area contributed by atoms with Gasteiger partial charge in [-0.1, -0.05) is 82.2 Å². The van der Waals surface area contributed by atoms with Gasteiger partial charge in [-0.25, -0.2) is 0 Å². The molecule has 14 nitrogen and oxygen atoms in total. The highest BCUT2D eigenvalue weighted by atomic mass is 16.6. The van der Waals surface area contributed by atoms with Gasteiger partial charge in [0.05, 0.1) is 42.7 Å². The quantitative estimate of drug-likeness (QED) is 0.0466. The molecule has 0 spiro atoms. The molecule has 0 aromatic heterocycles. The van der Waals surface area contributed by atoms with Gasteiger partial charge in [-0.3, -0.25) is 28.8 Å². The van der Waals surface area contributed by atoms with Crippen LogP contribution in [0.3, 0.4) is 0 Å². The summed E-state index contributed by atoms with van der Waals surface area (Å²) in [6.07, 6.45) is 7.83. The molecule has 0 aliphatic carbocycles. The van der Waals surface area contributed by atoms with Gasteiger partial charge in [0.2, 0.25) is 0 Å². The maximum Gasteiger partial charge on any atom is 0.315 e. The third kappa shape index (κ3) is 20.8. The molecule has 1 aromatic rings. The van der Waals surface area contributed by atoms with Gasteiger partial charge in [0.1, 0.15) is 26.4 Å². The van der Waals surface area contributed by atoms with E-state index in [-0.39, 0.29) is 71.6 Å². The number of aliphatic hydroxyl groups is 1. The number of aliphatic hydroxyl groups excluding tert-OH is 1. The summed E-state index contributed by atoms with van der Waals surface area (Å²) >= 11 is 0. The van der Waals surface area contributed by atoms with Crippen LogP contribution in [0.1, 0.15) is 130 Å². The number of esters is 6. The predicted molar refractivity (Wildman–Crippen MR) is 210 cm³/mol. The largest absolute Gasteiger partial charge is 0.465 e. The average molecular weight is 809 g/mol. The Morgan fingerprint density at radius 2 is 1.00 bits per heavy atom.